The molecule has 0 saturated carbocycles. The molecule has 2 rings (SSSR count). The smallest absolute Gasteiger partial charge is 0.336 e. The molecule has 0 aromatic heterocycles. The summed E-state index contributed by atoms with van der Waals surface area (Å²) in [5.74, 6) is -0.836. The first-order valence-electron chi connectivity index (χ1n) is 6.80. The predicted molar refractivity (Wildman–Crippen MR) is 81.6 cm³/mol. The summed E-state index contributed by atoms with van der Waals surface area (Å²) < 4.78 is 0. The number of benzene rings is 2. The molecule has 0 unspecified atom stereocenters. The zero-order valence-electron chi connectivity index (χ0n) is 12.4. The topological polar surface area (TPSA) is 37.3 Å². The van der Waals surface area contributed by atoms with Crippen molar-refractivity contribution in [1.82, 2.24) is 0 Å². The minimum Gasteiger partial charge on any atom is -0.478 e. The maximum atomic E-state index is 11.4. The summed E-state index contributed by atoms with van der Waals surface area (Å²) in [7, 11) is 0. The molecule has 0 fully saturated rings. The lowest BCUT2D eigenvalue weighted by atomic mass is 9.86. The molecule has 0 heterocycles. The quantitative estimate of drug-likeness (QED) is 0.905. The van der Waals surface area contributed by atoms with Crippen LogP contribution in [0.25, 0.3) is 0 Å². The highest BCUT2D eigenvalue weighted by Crippen LogP contribution is 2.28. The molecule has 2 heteroatoms. The first-order chi connectivity index (χ1) is 9.43. The number of aromatic carboxylic acids is 1. The molecule has 1 N–H and O–H groups in total. The van der Waals surface area contributed by atoms with E-state index in [2.05, 4.69) is 12.1 Å². The van der Waals surface area contributed by atoms with Gasteiger partial charge in [-0.1, -0.05) is 30.3 Å². The summed E-state index contributed by atoms with van der Waals surface area (Å²) >= 11 is 0. The third-order valence-corrected chi connectivity index (χ3v) is 4.22. The normalized spacial score (nSPS) is 10.6. The number of carboxylic acids is 1. The van der Waals surface area contributed by atoms with Gasteiger partial charge in [0.25, 0.3) is 0 Å². The first-order valence-corrected chi connectivity index (χ1v) is 6.80. The molecule has 104 valence electrons. The van der Waals surface area contributed by atoms with Crippen LogP contribution in [-0.4, -0.2) is 11.1 Å². The summed E-state index contributed by atoms with van der Waals surface area (Å²) in [6, 6.07) is 10.3. The van der Waals surface area contributed by atoms with Crippen molar-refractivity contribution in [3.05, 3.63) is 69.3 Å². The van der Waals surface area contributed by atoms with E-state index in [-0.39, 0.29) is 0 Å². The Balaban J connectivity index is 2.58. The van der Waals surface area contributed by atoms with Gasteiger partial charge in [0.05, 0.1) is 5.56 Å². The minimum absolute atomic E-state index is 0.455. The summed E-state index contributed by atoms with van der Waals surface area (Å²) in [4.78, 5) is 11.4. The SMILES string of the molecule is Cc1c(C)c(C(=O)O)c(C)c(C)c1Cc1ccccc1. The van der Waals surface area contributed by atoms with Crippen LogP contribution in [0.3, 0.4) is 0 Å². The van der Waals surface area contributed by atoms with Crippen molar-refractivity contribution in [2.75, 3.05) is 0 Å². The van der Waals surface area contributed by atoms with Crippen molar-refractivity contribution in [1.29, 1.82) is 0 Å². The standard InChI is InChI=1S/C18H20O2/c1-11-13(3)17(18(19)20)14(4)12(2)16(11)10-15-8-6-5-7-9-15/h5-9H,10H2,1-4H3,(H,19,20). The molecule has 0 aliphatic heterocycles. The summed E-state index contributed by atoms with van der Waals surface area (Å²) in [6.07, 6.45) is 0.847. The number of carbonyl (C=O) groups is 1. The fourth-order valence-corrected chi connectivity index (χ4v) is 2.78. The zero-order chi connectivity index (χ0) is 14.9. The van der Waals surface area contributed by atoms with E-state index < -0.39 is 5.97 Å². The second-order valence-corrected chi connectivity index (χ2v) is 5.32. The van der Waals surface area contributed by atoms with Gasteiger partial charge in [0, 0.05) is 0 Å². The van der Waals surface area contributed by atoms with Crippen LogP contribution in [0.1, 0.15) is 43.7 Å². The van der Waals surface area contributed by atoms with Crippen molar-refractivity contribution in [3.8, 4) is 0 Å². The van der Waals surface area contributed by atoms with Gasteiger partial charge < -0.3 is 5.11 Å². The highest BCUT2D eigenvalue weighted by atomic mass is 16.4. The molecule has 2 aromatic rings. The van der Waals surface area contributed by atoms with Gasteiger partial charge in [-0.3, -0.25) is 0 Å². The van der Waals surface area contributed by atoms with Crippen LogP contribution in [0, 0.1) is 27.7 Å². The monoisotopic (exact) mass is 268 g/mol. The molecule has 0 spiro atoms. The average molecular weight is 268 g/mol. The van der Waals surface area contributed by atoms with Crippen molar-refractivity contribution >= 4 is 5.97 Å². The lowest BCUT2D eigenvalue weighted by molar-refractivity contribution is 0.0695. The maximum absolute atomic E-state index is 11.4. The van der Waals surface area contributed by atoms with Crippen LogP contribution in [0.5, 0.6) is 0 Å². The van der Waals surface area contributed by atoms with E-state index in [1.165, 1.54) is 11.1 Å². The predicted octanol–water partition coefficient (Wildman–Crippen LogP) is 4.21. The number of rotatable bonds is 3. The molecule has 0 atom stereocenters. The Kier molecular flexibility index (Phi) is 3.93. The van der Waals surface area contributed by atoms with Gasteiger partial charge in [0.2, 0.25) is 0 Å². The Morgan fingerprint density at radius 3 is 1.85 bits per heavy atom. The Labute approximate surface area is 120 Å². The van der Waals surface area contributed by atoms with Crippen LogP contribution in [-0.2, 0) is 6.42 Å². The zero-order valence-corrected chi connectivity index (χ0v) is 12.4. The van der Waals surface area contributed by atoms with E-state index in [0.29, 0.717) is 5.56 Å². The Hall–Kier alpha value is -2.09. The van der Waals surface area contributed by atoms with Crippen LogP contribution in [0.2, 0.25) is 0 Å². The van der Waals surface area contributed by atoms with Gasteiger partial charge in [0.1, 0.15) is 0 Å². The minimum atomic E-state index is -0.836. The molecule has 2 nitrogen and oxygen atoms in total. The molecular weight excluding hydrogens is 248 g/mol. The molecular formula is C18H20O2. The van der Waals surface area contributed by atoms with Gasteiger partial charge in [-0.2, -0.15) is 0 Å². The van der Waals surface area contributed by atoms with E-state index in [4.69, 9.17) is 0 Å². The molecule has 0 amide bonds. The molecule has 0 radical (unpaired) electrons. The van der Waals surface area contributed by atoms with E-state index in [1.54, 1.807) is 0 Å². The van der Waals surface area contributed by atoms with Gasteiger partial charge in [-0.05, 0) is 67.5 Å². The molecule has 2 aromatic carbocycles. The van der Waals surface area contributed by atoms with Crippen molar-refractivity contribution in [2.24, 2.45) is 0 Å². The van der Waals surface area contributed by atoms with E-state index in [1.807, 2.05) is 45.9 Å². The number of hydrogen-bond donors (Lipinski definition) is 1. The summed E-state index contributed by atoms with van der Waals surface area (Å²) in [6.45, 7) is 7.85. The molecule has 0 aliphatic carbocycles. The van der Waals surface area contributed by atoms with Crippen molar-refractivity contribution in [3.63, 3.8) is 0 Å². The fraction of sp³-hybridized carbons (Fsp3) is 0.278. The number of hydrogen-bond acceptors (Lipinski definition) is 1. The van der Waals surface area contributed by atoms with Gasteiger partial charge >= 0.3 is 5.97 Å². The average Bonchev–Trinajstić information content (AvgIpc) is 2.42. The highest BCUT2D eigenvalue weighted by Gasteiger charge is 2.18. The lowest BCUT2D eigenvalue weighted by Gasteiger charge is -2.18. The Morgan fingerprint density at radius 1 is 0.900 bits per heavy atom. The van der Waals surface area contributed by atoms with Gasteiger partial charge in [-0.25, -0.2) is 4.79 Å². The summed E-state index contributed by atoms with van der Waals surface area (Å²) in [5.41, 5.74) is 6.90. The highest BCUT2D eigenvalue weighted by molar-refractivity contribution is 5.92. The van der Waals surface area contributed by atoms with Crippen LogP contribution >= 0.6 is 0 Å². The third-order valence-electron chi connectivity index (χ3n) is 4.22. The van der Waals surface area contributed by atoms with E-state index in [9.17, 15) is 9.90 Å². The van der Waals surface area contributed by atoms with Crippen LogP contribution < -0.4 is 0 Å². The van der Waals surface area contributed by atoms with Crippen LogP contribution in [0.4, 0.5) is 0 Å². The van der Waals surface area contributed by atoms with Crippen molar-refractivity contribution < 1.29 is 9.90 Å². The second-order valence-electron chi connectivity index (χ2n) is 5.32. The Bertz CT molecular complexity index is 626. The van der Waals surface area contributed by atoms with Crippen LogP contribution in [0.15, 0.2) is 30.3 Å². The molecule has 0 saturated heterocycles. The summed E-state index contributed by atoms with van der Waals surface area (Å²) in [5, 5.41) is 9.38. The van der Waals surface area contributed by atoms with Crippen molar-refractivity contribution in [2.45, 2.75) is 34.1 Å². The third kappa shape index (κ3) is 2.46. The lowest BCUT2D eigenvalue weighted by Crippen LogP contribution is -2.10. The first kappa shape index (κ1) is 14.3. The van der Waals surface area contributed by atoms with E-state index in [0.717, 1.165) is 28.7 Å². The fourth-order valence-electron chi connectivity index (χ4n) is 2.78. The maximum Gasteiger partial charge on any atom is 0.336 e. The molecule has 0 aliphatic rings. The molecule has 20 heavy (non-hydrogen) atoms. The molecule has 0 bridgehead atoms. The second kappa shape index (κ2) is 5.49. The Morgan fingerprint density at radius 2 is 1.40 bits per heavy atom. The van der Waals surface area contributed by atoms with Gasteiger partial charge in [0.15, 0.2) is 0 Å². The largest absolute Gasteiger partial charge is 0.478 e. The van der Waals surface area contributed by atoms with Gasteiger partial charge in [-0.15, -0.1) is 0 Å². The van der Waals surface area contributed by atoms with E-state index >= 15 is 0 Å². The number of carboxylic acid groups (broad SMARTS) is 1.